The predicted octanol–water partition coefficient (Wildman–Crippen LogP) is 3.60. The second-order valence-corrected chi connectivity index (χ2v) is 7.24. The molecule has 2 aliphatic rings. The zero-order valence-electron chi connectivity index (χ0n) is 12.5. The maximum Gasteiger partial charge on any atom is 0.245 e. The molecule has 2 saturated heterocycles. The molecule has 2 fully saturated rings. The Morgan fingerprint density at radius 1 is 1.23 bits per heavy atom. The van der Waals surface area contributed by atoms with Crippen molar-refractivity contribution in [2.24, 2.45) is 5.41 Å². The van der Waals surface area contributed by atoms with Gasteiger partial charge in [-0.2, -0.15) is 0 Å². The maximum atomic E-state index is 11.8. The molecule has 0 aliphatic carbocycles. The van der Waals surface area contributed by atoms with Crippen molar-refractivity contribution in [1.29, 1.82) is 0 Å². The van der Waals surface area contributed by atoms with Crippen molar-refractivity contribution in [3.05, 3.63) is 46.5 Å². The minimum Gasteiger partial charge on any atom is -0.339 e. The number of carbonyl (C=O) groups is 1. The van der Waals surface area contributed by atoms with E-state index < -0.39 is 0 Å². The number of likely N-dealkylation sites (tertiary alicyclic amines) is 2. The van der Waals surface area contributed by atoms with Gasteiger partial charge in [0.25, 0.3) is 0 Å². The number of amides is 1. The fourth-order valence-electron chi connectivity index (χ4n) is 3.64. The average Bonchev–Trinajstić information content (AvgIpc) is 3.10. The van der Waals surface area contributed by atoms with Crippen LogP contribution in [0.3, 0.4) is 0 Å². The normalized spacial score (nSPS) is 25.1. The summed E-state index contributed by atoms with van der Waals surface area (Å²) in [5.74, 6) is 0.0554. The van der Waals surface area contributed by atoms with Gasteiger partial charge in [-0.3, -0.25) is 9.69 Å². The second kappa shape index (κ2) is 6.23. The Labute approximate surface area is 141 Å². The summed E-state index contributed by atoms with van der Waals surface area (Å²) in [6.07, 6.45) is 3.65. The molecule has 1 unspecified atom stereocenters. The SMILES string of the molecule is C=CC(=O)N1CCC2(CCN(Cc3ccc(Cl)c(Cl)c3)C2)C1. The van der Waals surface area contributed by atoms with E-state index in [1.807, 2.05) is 23.1 Å². The van der Waals surface area contributed by atoms with Crippen LogP contribution in [0.1, 0.15) is 18.4 Å². The van der Waals surface area contributed by atoms with Gasteiger partial charge in [0.1, 0.15) is 0 Å². The van der Waals surface area contributed by atoms with E-state index in [2.05, 4.69) is 11.5 Å². The molecule has 5 heteroatoms. The highest BCUT2D eigenvalue weighted by Crippen LogP contribution is 2.40. The maximum absolute atomic E-state index is 11.8. The lowest BCUT2D eigenvalue weighted by Crippen LogP contribution is -2.33. The van der Waals surface area contributed by atoms with Crippen LogP contribution in [0.2, 0.25) is 10.0 Å². The van der Waals surface area contributed by atoms with Crippen LogP contribution in [0.5, 0.6) is 0 Å². The molecule has 0 bridgehead atoms. The van der Waals surface area contributed by atoms with E-state index >= 15 is 0 Å². The molecule has 2 aliphatic heterocycles. The summed E-state index contributed by atoms with van der Waals surface area (Å²) in [6.45, 7) is 8.28. The molecule has 0 aromatic heterocycles. The minimum atomic E-state index is 0.0554. The fourth-order valence-corrected chi connectivity index (χ4v) is 3.97. The monoisotopic (exact) mass is 338 g/mol. The van der Waals surface area contributed by atoms with Gasteiger partial charge >= 0.3 is 0 Å². The van der Waals surface area contributed by atoms with E-state index in [0.29, 0.717) is 10.0 Å². The number of hydrogen-bond donors (Lipinski definition) is 0. The first-order chi connectivity index (χ1) is 10.5. The number of carbonyl (C=O) groups excluding carboxylic acids is 1. The molecule has 1 atom stereocenters. The van der Waals surface area contributed by atoms with Crippen molar-refractivity contribution in [3.8, 4) is 0 Å². The molecule has 118 valence electrons. The van der Waals surface area contributed by atoms with Crippen molar-refractivity contribution in [3.63, 3.8) is 0 Å². The van der Waals surface area contributed by atoms with Crippen molar-refractivity contribution in [2.75, 3.05) is 26.2 Å². The van der Waals surface area contributed by atoms with Crippen molar-refractivity contribution in [1.82, 2.24) is 9.80 Å². The molecule has 3 rings (SSSR count). The molecule has 1 spiro atoms. The minimum absolute atomic E-state index is 0.0554. The number of hydrogen-bond acceptors (Lipinski definition) is 2. The van der Waals surface area contributed by atoms with Gasteiger partial charge in [-0.05, 0) is 43.2 Å². The van der Waals surface area contributed by atoms with Crippen LogP contribution in [-0.4, -0.2) is 41.9 Å². The highest BCUT2D eigenvalue weighted by molar-refractivity contribution is 6.42. The van der Waals surface area contributed by atoms with Crippen LogP contribution in [0, 0.1) is 5.41 Å². The van der Waals surface area contributed by atoms with Crippen molar-refractivity contribution >= 4 is 29.1 Å². The number of rotatable bonds is 3. The lowest BCUT2D eigenvalue weighted by atomic mass is 9.86. The Morgan fingerprint density at radius 3 is 2.73 bits per heavy atom. The summed E-state index contributed by atoms with van der Waals surface area (Å²) in [6, 6.07) is 5.82. The Morgan fingerprint density at radius 2 is 2.00 bits per heavy atom. The van der Waals surface area contributed by atoms with Gasteiger partial charge in [0.2, 0.25) is 5.91 Å². The van der Waals surface area contributed by atoms with Crippen LogP contribution < -0.4 is 0 Å². The van der Waals surface area contributed by atoms with Crippen molar-refractivity contribution < 1.29 is 4.79 Å². The highest BCUT2D eigenvalue weighted by Gasteiger charge is 2.44. The van der Waals surface area contributed by atoms with Gasteiger partial charge in [-0.15, -0.1) is 0 Å². The van der Waals surface area contributed by atoms with E-state index in [9.17, 15) is 4.79 Å². The van der Waals surface area contributed by atoms with Gasteiger partial charge < -0.3 is 4.90 Å². The quantitative estimate of drug-likeness (QED) is 0.786. The Bertz CT molecular complexity index is 604. The summed E-state index contributed by atoms with van der Waals surface area (Å²) in [4.78, 5) is 16.1. The molecule has 3 nitrogen and oxygen atoms in total. The van der Waals surface area contributed by atoms with E-state index in [0.717, 1.165) is 45.6 Å². The van der Waals surface area contributed by atoms with Crippen LogP contribution >= 0.6 is 23.2 Å². The summed E-state index contributed by atoms with van der Waals surface area (Å²) in [7, 11) is 0. The standard InChI is InChI=1S/C17H20Cl2N2O/c1-2-16(22)21-8-6-17(12-21)5-7-20(11-17)10-13-3-4-14(18)15(19)9-13/h2-4,9H,1,5-8,10-12H2. The Hall–Kier alpha value is -1.03. The number of nitrogens with zero attached hydrogens (tertiary/aromatic N) is 2. The van der Waals surface area contributed by atoms with Gasteiger partial charge in [-0.1, -0.05) is 35.8 Å². The van der Waals surface area contributed by atoms with Crippen molar-refractivity contribution in [2.45, 2.75) is 19.4 Å². The van der Waals surface area contributed by atoms with Crippen LogP contribution in [0.15, 0.2) is 30.9 Å². The molecule has 22 heavy (non-hydrogen) atoms. The van der Waals surface area contributed by atoms with Gasteiger partial charge in [0.15, 0.2) is 0 Å². The summed E-state index contributed by atoms with van der Waals surface area (Å²) in [5.41, 5.74) is 1.44. The molecule has 0 radical (unpaired) electrons. The summed E-state index contributed by atoms with van der Waals surface area (Å²) >= 11 is 12.0. The molecule has 2 heterocycles. The number of benzene rings is 1. The van der Waals surface area contributed by atoms with Crippen LogP contribution in [-0.2, 0) is 11.3 Å². The first kappa shape index (κ1) is 15.9. The smallest absolute Gasteiger partial charge is 0.245 e. The lowest BCUT2D eigenvalue weighted by Gasteiger charge is -2.24. The van der Waals surface area contributed by atoms with E-state index in [4.69, 9.17) is 23.2 Å². The van der Waals surface area contributed by atoms with E-state index in [1.165, 1.54) is 11.6 Å². The largest absolute Gasteiger partial charge is 0.339 e. The van der Waals surface area contributed by atoms with Crippen LogP contribution in [0.25, 0.3) is 0 Å². The molecule has 1 aromatic carbocycles. The third-order valence-corrected chi connectivity index (χ3v) is 5.57. The molecule has 1 aromatic rings. The molecular formula is C17H20Cl2N2O. The average molecular weight is 339 g/mol. The molecule has 0 saturated carbocycles. The van der Waals surface area contributed by atoms with E-state index in [-0.39, 0.29) is 11.3 Å². The first-order valence-corrected chi connectivity index (χ1v) is 8.35. The zero-order valence-corrected chi connectivity index (χ0v) is 14.0. The van der Waals surface area contributed by atoms with Crippen LogP contribution in [0.4, 0.5) is 0 Å². The van der Waals surface area contributed by atoms with Gasteiger partial charge in [-0.25, -0.2) is 0 Å². The lowest BCUT2D eigenvalue weighted by molar-refractivity contribution is -0.125. The fraction of sp³-hybridized carbons (Fsp3) is 0.471. The van der Waals surface area contributed by atoms with Gasteiger partial charge in [0.05, 0.1) is 10.0 Å². The van der Waals surface area contributed by atoms with E-state index in [1.54, 1.807) is 0 Å². The first-order valence-electron chi connectivity index (χ1n) is 7.59. The second-order valence-electron chi connectivity index (χ2n) is 6.42. The number of halogens is 2. The molecule has 0 N–H and O–H groups in total. The summed E-state index contributed by atoms with van der Waals surface area (Å²) in [5, 5.41) is 1.20. The predicted molar refractivity (Wildman–Crippen MR) is 90.2 cm³/mol. The summed E-state index contributed by atoms with van der Waals surface area (Å²) < 4.78 is 0. The molecular weight excluding hydrogens is 319 g/mol. The zero-order chi connectivity index (χ0) is 15.7. The molecule has 1 amide bonds. The Balaban J connectivity index is 1.62. The third kappa shape index (κ3) is 3.17. The highest BCUT2D eigenvalue weighted by atomic mass is 35.5. The third-order valence-electron chi connectivity index (χ3n) is 4.83. The topological polar surface area (TPSA) is 23.6 Å². The Kier molecular flexibility index (Phi) is 4.49. The van der Waals surface area contributed by atoms with Gasteiger partial charge in [0, 0.05) is 31.6 Å².